The lowest BCUT2D eigenvalue weighted by molar-refractivity contribution is 0.102. The van der Waals surface area contributed by atoms with Crippen LogP contribution in [-0.4, -0.2) is 16.1 Å². The Labute approximate surface area is 146 Å². The summed E-state index contributed by atoms with van der Waals surface area (Å²) in [6, 6.07) is 12.8. The van der Waals surface area contributed by atoms with E-state index in [1.54, 1.807) is 12.1 Å². The van der Waals surface area contributed by atoms with Crippen LogP contribution in [0.5, 0.6) is 0 Å². The number of hydrogen-bond acceptors (Lipinski definition) is 4. The van der Waals surface area contributed by atoms with Gasteiger partial charge in [-0.25, -0.2) is 8.78 Å². The van der Waals surface area contributed by atoms with Crippen molar-refractivity contribution in [2.75, 3.05) is 10.6 Å². The number of benzene rings is 2. The Balaban J connectivity index is 1.71. The number of anilines is 3. The summed E-state index contributed by atoms with van der Waals surface area (Å²) in [5.74, 6) is -1.38. The summed E-state index contributed by atoms with van der Waals surface area (Å²) in [5, 5.41) is 13.0. The molecule has 5 nitrogen and oxygen atoms in total. The molecule has 1 heterocycles. The molecule has 2 N–H and O–H groups in total. The van der Waals surface area contributed by atoms with Crippen LogP contribution in [0.1, 0.15) is 10.4 Å². The predicted molar refractivity (Wildman–Crippen MR) is 91.1 cm³/mol. The fraction of sp³-hybridized carbons (Fsp3) is 0. The highest BCUT2D eigenvalue weighted by molar-refractivity contribution is 6.34. The van der Waals surface area contributed by atoms with Gasteiger partial charge in [0.25, 0.3) is 5.91 Å². The average molecular weight is 361 g/mol. The van der Waals surface area contributed by atoms with Crippen LogP contribution in [0.3, 0.4) is 0 Å². The molecule has 0 aliphatic rings. The van der Waals surface area contributed by atoms with Gasteiger partial charge in [0.2, 0.25) is 0 Å². The van der Waals surface area contributed by atoms with E-state index in [0.29, 0.717) is 11.5 Å². The van der Waals surface area contributed by atoms with E-state index in [9.17, 15) is 13.6 Å². The van der Waals surface area contributed by atoms with Crippen molar-refractivity contribution in [1.82, 2.24) is 10.2 Å². The lowest BCUT2D eigenvalue weighted by Crippen LogP contribution is -2.15. The molecule has 0 unspecified atom stereocenters. The number of hydrogen-bond donors (Lipinski definition) is 2. The standard InChI is InChI=1S/C17H11ClF2N4O/c18-12-5-2-6-13(20)16(12)17(25)22-15-8-7-14(23-24-15)21-11-4-1-3-10(19)9-11/h1-9H,(H,21,23)(H,22,24,25). The number of carbonyl (C=O) groups excluding carboxylic acids is 1. The number of nitrogens with one attached hydrogen (secondary N) is 2. The van der Waals surface area contributed by atoms with Crippen molar-refractivity contribution in [3.05, 3.63) is 76.8 Å². The molecule has 0 saturated carbocycles. The molecule has 0 spiro atoms. The van der Waals surface area contributed by atoms with Crippen molar-refractivity contribution in [3.63, 3.8) is 0 Å². The summed E-state index contributed by atoms with van der Waals surface area (Å²) >= 11 is 5.84. The second-order valence-corrected chi connectivity index (χ2v) is 5.40. The van der Waals surface area contributed by atoms with Crippen LogP contribution in [0.25, 0.3) is 0 Å². The number of amides is 1. The first-order valence-corrected chi connectivity index (χ1v) is 7.52. The van der Waals surface area contributed by atoms with E-state index in [4.69, 9.17) is 11.6 Å². The summed E-state index contributed by atoms with van der Waals surface area (Å²) in [5.41, 5.74) is 0.233. The van der Waals surface area contributed by atoms with E-state index < -0.39 is 11.7 Å². The quantitative estimate of drug-likeness (QED) is 0.723. The summed E-state index contributed by atoms with van der Waals surface area (Å²) < 4.78 is 26.9. The second kappa shape index (κ2) is 7.23. The maximum absolute atomic E-state index is 13.7. The predicted octanol–water partition coefficient (Wildman–Crippen LogP) is 4.40. The van der Waals surface area contributed by atoms with Crippen molar-refractivity contribution >= 4 is 34.8 Å². The topological polar surface area (TPSA) is 66.9 Å². The molecule has 0 aliphatic heterocycles. The average Bonchev–Trinajstić information content (AvgIpc) is 2.56. The molecule has 0 fully saturated rings. The highest BCUT2D eigenvalue weighted by Gasteiger charge is 2.16. The van der Waals surface area contributed by atoms with E-state index in [-0.39, 0.29) is 22.2 Å². The number of carbonyl (C=O) groups is 1. The molecule has 0 aliphatic carbocycles. The van der Waals surface area contributed by atoms with Gasteiger partial charge >= 0.3 is 0 Å². The zero-order chi connectivity index (χ0) is 17.8. The fourth-order valence-electron chi connectivity index (χ4n) is 2.07. The Morgan fingerprint density at radius 2 is 1.68 bits per heavy atom. The highest BCUT2D eigenvalue weighted by atomic mass is 35.5. The number of nitrogens with zero attached hydrogens (tertiary/aromatic N) is 2. The van der Waals surface area contributed by atoms with Crippen molar-refractivity contribution in [3.8, 4) is 0 Å². The van der Waals surface area contributed by atoms with Gasteiger partial charge < -0.3 is 10.6 Å². The summed E-state index contributed by atoms with van der Waals surface area (Å²) in [6.45, 7) is 0. The monoisotopic (exact) mass is 360 g/mol. The van der Waals surface area contributed by atoms with Crippen LogP contribution in [0.15, 0.2) is 54.6 Å². The van der Waals surface area contributed by atoms with Gasteiger partial charge in [0.15, 0.2) is 11.6 Å². The fourth-order valence-corrected chi connectivity index (χ4v) is 2.32. The highest BCUT2D eigenvalue weighted by Crippen LogP contribution is 2.20. The molecule has 1 amide bonds. The molecule has 0 radical (unpaired) electrons. The minimum atomic E-state index is -0.734. The minimum absolute atomic E-state index is 0.00477. The summed E-state index contributed by atoms with van der Waals surface area (Å²) in [6.07, 6.45) is 0. The number of aromatic nitrogens is 2. The van der Waals surface area contributed by atoms with Gasteiger partial charge in [0, 0.05) is 5.69 Å². The smallest absolute Gasteiger partial charge is 0.261 e. The molecule has 126 valence electrons. The van der Waals surface area contributed by atoms with E-state index in [1.165, 1.54) is 36.4 Å². The zero-order valence-corrected chi connectivity index (χ0v) is 13.4. The Morgan fingerprint density at radius 1 is 0.960 bits per heavy atom. The van der Waals surface area contributed by atoms with Crippen LogP contribution in [0.4, 0.5) is 26.1 Å². The first-order valence-electron chi connectivity index (χ1n) is 7.14. The third-order valence-corrected chi connectivity index (χ3v) is 3.51. The van der Waals surface area contributed by atoms with Gasteiger partial charge in [0.1, 0.15) is 11.6 Å². The molecule has 0 bridgehead atoms. The number of rotatable bonds is 4. The van der Waals surface area contributed by atoms with E-state index in [1.807, 2.05) is 0 Å². The molecule has 2 aromatic carbocycles. The van der Waals surface area contributed by atoms with Crippen LogP contribution >= 0.6 is 11.6 Å². The summed E-state index contributed by atoms with van der Waals surface area (Å²) in [7, 11) is 0. The zero-order valence-electron chi connectivity index (χ0n) is 12.6. The molecule has 1 aromatic heterocycles. The molecular formula is C17H11ClF2N4O. The van der Waals surface area contributed by atoms with Gasteiger partial charge in [-0.1, -0.05) is 23.7 Å². The minimum Gasteiger partial charge on any atom is -0.339 e. The maximum atomic E-state index is 13.7. The van der Waals surface area contributed by atoms with Crippen molar-refractivity contribution in [2.24, 2.45) is 0 Å². The van der Waals surface area contributed by atoms with E-state index in [2.05, 4.69) is 20.8 Å². The van der Waals surface area contributed by atoms with Gasteiger partial charge in [0.05, 0.1) is 10.6 Å². The first kappa shape index (κ1) is 16.8. The SMILES string of the molecule is O=C(Nc1ccc(Nc2cccc(F)c2)nn1)c1c(F)cccc1Cl. The van der Waals surface area contributed by atoms with Crippen molar-refractivity contribution < 1.29 is 13.6 Å². The molecule has 0 saturated heterocycles. The second-order valence-electron chi connectivity index (χ2n) is 4.99. The Bertz CT molecular complexity index is 899. The molecular weight excluding hydrogens is 350 g/mol. The number of halogens is 3. The lowest BCUT2D eigenvalue weighted by atomic mass is 10.2. The largest absolute Gasteiger partial charge is 0.339 e. The van der Waals surface area contributed by atoms with Crippen LogP contribution in [0, 0.1) is 11.6 Å². The molecule has 3 rings (SSSR count). The summed E-state index contributed by atoms with van der Waals surface area (Å²) in [4.78, 5) is 12.1. The molecule has 8 heteroatoms. The maximum Gasteiger partial charge on any atom is 0.261 e. The van der Waals surface area contributed by atoms with Crippen molar-refractivity contribution in [2.45, 2.75) is 0 Å². The van der Waals surface area contributed by atoms with Gasteiger partial charge in [-0.15, -0.1) is 10.2 Å². The third kappa shape index (κ3) is 4.07. The Hall–Kier alpha value is -3.06. The van der Waals surface area contributed by atoms with Gasteiger partial charge in [-0.3, -0.25) is 4.79 Å². The van der Waals surface area contributed by atoms with Crippen LogP contribution in [-0.2, 0) is 0 Å². The third-order valence-electron chi connectivity index (χ3n) is 3.19. The molecule has 25 heavy (non-hydrogen) atoms. The van der Waals surface area contributed by atoms with Gasteiger partial charge in [-0.05, 0) is 42.5 Å². The Morgan fingerprint density at radius 3 is 2.36 bits per heavy atom. The Kier molecular flexibility index (Phi) is 4.85. The van der Waals surface area contributed by atoms with E-state index in [0.717, 1.165) is 6.07 Å². The van der Waals surface area contributed by atoms with Crippen LogP contribution in [0.2, 0.25) is 5.02 Å². The normalized spacial score (nSPS) is 10.4. The molecule has 3 aromatic rings. The lowest BCUT2D eigenvalue weighted by Gasteiger charge is -2.08. The van der Waals surface area contributed by atoms with Crippen molar-refractivity contribution in [1.29, 1.82) is 0 Å². The molecule has 0 atom stereocenters. The first-order chi connectivity index (χ1) is 12.0. The van der Waals surface area contributed by atoms with Crippen LogP contribution < -0.4 is 10.6 Å². The van der Waals surface area contributed by atoms with E-state index >= 15 is 0 Å². The van der Waals surface area contributed by atoms with Gasteiger partial charge in [-0.2, -0.15) is 0 Å².